The highest BCUT2D eigenvalue weighted by Crippen LogP contribution is 2.16. The Balaban J connectivity index is 2.13. The molecule has 0 aliphatic heterocycles. The van der Waals surface area contributed by atoms with Crippen LogP contribution in [0, 0.1) is 5.92 Å². The largest absolute Gasteiger partial charge is 0.491 e. The second-order valence-electron chi connectivity index (χ2n) is 7.10. The molecule has 0 heterocycles. The Morgan fingerprint density at radius 1 is 0.964 bits per heavy atom. The van der Waals surface area contributed by atoms with E-state index in [0.29, 0.717) is 18.7 Å². The number of benzene rings is 2. The third kappa shape index (κ3) is 6.41. The fraction of sp³-hybridized carbons (Fsp3) is 0.391. The molecule has 0 aliphatic carbocycles. The van der Waals surface area contributed by atoms with Crippen LogP contribution < -0.4 is 4.74 Å². The van der Waals surface area contributed by atoms with Gasteiger partial charge in [0, 0.05) is 18.7 Å². The van der Waals surface area contributed by atoms with E-state index in [1.807, 2.05) is 44.2 Å². The number of nitrogens with zero attached hydrogens (tertiary/aromatic N) is 1. The molecule has 1 unspecified atom stereocenters. The molecule has 2 aromatic carbocycles. The van der Waals surface area contributed by atoms with Gasteiger partial charge in [-0.3, -0.25) is 9.59 Å². The van der Waals surface area contributed by atoms with Crippen molar-refractivity contribution in [3.8, 4) is 5.75 Å². The molecule has 28 heavy (non-hydrogen) atoms. The zero-order valence-corrected chi connectivity index (χ0v) is 17.1. The second kappa shape index (κ2) is 10.5. The summed E-state index contributed by atoms with van der Waals surface area (Å²) in [5, 5.41) is 0. The summed E-state index contributed by atoms with van der Waals surface area (Å²) < 4.78 is 10.5. The maximum Gasteiger partial charge on any atom is 0.310 e. The lowest BCUT2D eigenvalue weighted by Crippen LogP contribution is -2.38. The first-order valence-electron chi connectivity index (χ1n) is 9.58. The number of amides is 1. The van der Waals surface area contributed by atoms with Crippen LogP contribution in [-0.4, -0.2) is 43.1 Å². The highest BCUT2D eigenvalue weighted by atomic mass is 16.5. The smallest absolute Gasteiger partial charge is 0.310 e. The molecular weight excluding hydrogens is 354 g/mol. The van der Waals surface area contributed by atoms with Gasteiger partial charge < -0.3 is 14.4 Å². The summed E-state index contributed by atoms with van der Waals surface area (Å²) in [6, 6.07) is 17.1. The van der Waals surface area contributed by atoms with Crippen LogP contribution in [0.1, 0.15) is 36.7 Å². The lowest BCUT2D eigenvalue weighted by molar-refractivity contribution is -0.145. The van der Waals surface area contributed by atoms with Gasteiger partial charge in [-0.25, -0.2) is 0 Å². The molecule has 0 saturated heterocycles. The molecule has 1 amide bonds. The monoisotopic (exact) mass is 383 g/mol. The minimum absolute atomic E-state index is 0.0739. The second-order valence-corrected chi connectivity index (χ2v) is 7.10. The van der Waals surface area contributed by atoms with Crippen molar-refractivity contribution in [1.82, 2.24) is 4.90 Å². The molecule has 0 aromatic heterocycles. The molecule has 0 N–H and O–H groups in total. The normalized spacial score (nSPS) is 11.8. The van der Waals surface area contributed by atoms with Crippen molar-refractivity contribution < 1.29 is 19.1 Å². The molecule has 150 valence electrons. The van der Waals surface area contributed by atoms with E-state index in [1.54, 1.807) is 36.1 Å². The molecule has 5 nitrogen and oxygen atoms in total. The Kier molecular flexibility index (Phi) is 8.05. The number of hydrogen-bond donors (Lipinski definition) is 0. The van der Waals surface area contributed by atoms with Gasteiger partial charge in [0.05, 0.1) is 19.1 Å². The summed E-state index contributed by atoms with van der Waals surface area (Å²) in [6.07, 6.45) is 0.791. The minimum Gasteiger partial charge on any atom is -0.491 e. The van der Waals surface area contributed by atoms with Crippen molar-refractivity contribution >= 4 is 11.9 Å². The zero-order chi connectivity index (χ0) is 20.5. The van der Waals surface area contributed by atoms with Crippen molar-refractivity contribution in [2.24, 2.45) is 5.92 Å². The van der Waals surface area contributed by atoms with Crippen molar-refractivity contribution in [3.63, 3.8) is 0 Å². The lowest BCUT2D eigenvalue weighted by atomic mass is 10.1. The quantitative estimate of drug-likeness (QED) is 0.615. The van der Waals surface area contributed by atoms with Crippen LogP contribution >= 0.6 is 0 Å². The predicted octanol–water partition coefficient (Wildman–Crippen LogP) is 3.97. The summed E-state index contributed by atoms with van der Waals surface area (Å²) >= 11 is 0. The first-order valence-corrected chi connectivity index (χ1v) is 9.58. The van der Waals surface area contributed by atoms with Crippen LogP contribution in [0.15, 0.2) is 54.6 Å². The highest BCUT2D eigenvalue weighted by Gasteiger charge is 2.22. The van der Waals surface area contributed by atoms with Gasteiger partial charge in [-0.2, -0.15) is 0 Å². The zero-order valence-electron chi connectivity index (χ0n) is 17.1. The first-order chi connectivity index (χ1) is 13.4. The standard InChI is InChI=1S/C23H29NO4/c1-17(2)28-21-12-10-20(11-13-21)22(25)24(16-18(3)23(26)27-4)15-14-19-8-6-5-7-9-19/h5-13,17-18H,14-16H2,1-4H3. The SMILES string of the molecule is COC(=O)C(C)CN(CCc1ccccc1)C(=O)c1ccc(OC(C)C)cc1. The molecule has 0 aliphatic rings. The lowest BCUT2D eigenvalue weighted by Gasteiger charge is -2.25. The molecule has 0 spiro atoms. The predicted molar refractivity (Wildman–Crippen MR) is 109 cm³/mol. The van der Waals surface area contributed by atoms with Crippen molar-refractivity contribution in [2.75, 3.05) is 20.2 Å². The average molecular weight is 383 g/mol. The summed E-state index contributed by atoms with van der Waals surface area (Å²) in [5.74, 6) is -0.0976. The van der Waals surface area contributed by atoms with Gasteiger partial charge >= 0.3 is 5.97 Å². The van der Waals surface area contributed by atoms with E-state index < -0.39 is 5.92 Å². The third-order valence-corrected chi connectivity index (χ3v) is 4.37. The van der Waals surface area contributed by atoms with E-state index in [-0.39, 0.29) is 18.0 Å². The van der Waals surface area contributed by atoms with E-state index in [1.165, 1.54) is 7.11 Å². The number of rotatable bonds is 9. The molecule has 5 heteroatoms. The maximum absolute atomic E-state index is 13.1. The molecule has 0 radical (unpaired) electrons. The van der Waals surface area contributed by atoms with Crippen LogP contribution in [0.25, 0.3) is 0 Å². The molecule has 0 bridgehead atoms. The number of carbonyl (C=O) groups excluding carboxylic acids is 2. The summed E-state index contributed by atoms with van der Waals surface area (Å²) in [6.45, 7) is 6.52. The van der Waals surface area contributed by atoms with Gasteiger partial charge in [0.25, 0.3) is 5.91 Å². The fourth-order valence-corrected chi connectivity index (χ4v) is 2.92. The van der Waals surface area contributed by atoms with Gasteiger partial charge in [-0.15, -0.1) is 0 Å². The number of esters is 1. The van der Waals surface area contributed by atoms with Crippen molar-refractivity contribution in [3.05, 3.63) is 65.7 Å². The van der Waals surface area contributed by atoms with Gasteiger partial charge in [0.1, 0.15) is 5.75 Å². The number of ether oxygens (including phenoxy) is 2. The summed E-state index contributed by atoms with van der Waals surface area (Å²) in [4.78, 5) is 26.6. The molecular formula is C23H29NO4. The average Bonchev–Trinajstić information content (AvgIpc) is 2.70. The maximum atomic E-state index is 13.1. The van der Waals surface area contributed by atoms with Gasteiger partial charge in [0.15, 0.2) is 0 Å². The van der Waals surface area contributed by atoms with Gasteiger partial charge in [0.2, 0.25) is 0 Å². The Bertz CT molecular complexity index is 756. The Labute approximate surface area is 167 Å². The topological polar surface area (TPSA) is 55.8 Å². The summed E-state index contributed by atoms with van der Waals surface area (Å²) in [5.41, 5.74) is 1.72. The van der Waals surface area contributed by atoms with E-state index in [2.05, 4.69) is 0 Å². The molecule has 0 saturated carbocycles. The van der Waals surface area contributed by atoms with Crippen molar-refractivity contribution in [2.45, 2.75) is 33.3 Å². The first kappa shape index (κ1) is 21.5. The number of hydrogen-bond acceptors (Lipinski definition) is 4. The molecule has 2 aromatic rings. The number of carbonyl (C=O) groups is 2. The van der Waals surface area contributed by atoms with Crippen LogP contribution in [-0.2, 0) is 16.0 Å². The van der Waals surface area contributed by atoms with Crippen LogP contribution in [0.2, 0.25) is 0 Å². The van der Waals surface area contributed by atoms with E-state index >= 15 is 0 Å². The van der Waals surface area contributed by atoms with E-state index in [9.17, 15) is 9.59 Å². The highest BCUT2D eigenvalue weighted by molar-refractivity contribution is 5.94. The Hall–Kier alpha value is -2.82. The number of methoxy groups -OCH3 is 1. The van der Waals surface area contributed by atoms with Gasteiger partial charge in [-0.05, 0) is 50.1 Å². The Morgan fingerprint density at radius 3 is 2.18 bits per heavy atom. The molecule has 0 fully saturated rings. The third-order valence-electron chi connectivity index (χ3n) is 4.37. The van der Waals surface area contributed by atoms with Crippen molar-refractivity contribution in [1.29, 1.82) is 0 Å². The van der Waals surface area contributed by atoms with Crippen LogP contribution in [0.5, 0.6) is 5.75 Å². The summed E-state index contributed by atoms with van der Waals surface area (Å²) in [7, 11) is 1.36. The molecule has 1 atom stereocenters. The van der Waals surface area contributed by atoms with Crippen LogP contribution in [0.4, 0.5) is 0 Å². The van der Waals surface area contributed by atoms with E-state index in [0.717, 1.165) is 17.7 Å². The minimum atomic E-state index is -0.395. The fourth-order valence-electron chi connectivity index (χ4n) is 2.92. The Morgan fingerprint density at radius 2 is 1.61 bits per heavy atom. The van der Waals surface area contributed by atoms with E-state index in [4.69, 9.17) is 9.47 Å². The van der Waals surface area contributed by atoms with Gasteiger partial charge in [-0.1, -0.05) is 37.3 Å². The van der Waals surface area contributed by atoms with Crippen LogP contribution in [0.3, 0.4) is 0 Å². The molecule has 2 rings (SSSR count).